The van der Waals surface area contributed by atoms with Crippen LogP contribution in [0.3, 0.4) is 0 Å². The number of halogens is 3. The molecule has 0 radical (unpaired) electrons. The molecule has 0 N–H and O–H groups in total. The molecule has 0 atom stereocenters. The van der Waals surface area contributed by atoms with Crippen LogP contribution in [0.1, 0.15) is 16.8 Å². The highest BCUT2D eigenvalue weighted by Crippen LogP contribution is 2.25. The standard InChI is InChI=1S/C19H15Cl3N4/c20-15-4-1-12(2-5-15)19-23-9-13-7-8-26(11-16(13)24-19)10-14-3-6-17(21)25-18(14)22/h1-6,9H,7-8,10-11H2. The second-order valence-corrected chi connectivity index (χ2v) is 7.40. The van der Waals surface area contributed by atoms with E-state index in [4.69, 9.17) is 39.8 Å². The van der Waals surface area contributed by atoms with Crippen LogP contribution in [-0.2, 0) is 19.5 Å². The Labute approximate surface area is 166 Å². The lowest BCUT2D eigenvalue weighted by atomic mass is 10.1. The smallest absolute Gasteiger partial charge is 0.159 e. The predicted octanol–water partition coefficient (Wildman–Crippen LogP) is 5.06. The lowest BCUT2D eigenvalue weighted by molar-refractivity contribution is 0.241. The highest BCUT2D eigenvalue weighted by atomic mass is 35.5. The molecule has 0 amide bonds. The van der Waals surface area contributed by atoms with Crippen LogP contribution in [0.5, 0.6) is 0 Å². The molecule has 7 heteroatoms. The van der Waals surface area contributed by atoms with E-state index in [0.717, 1.165) is 36.3 Å². The van der Waals surface area contributed by atoms with Crippen molar-refractivity contribution in [1.29, 1.82) is 0 Å². The minimum atomic E-state index is 0.406. The molecule has 3 aromatic rings. The summed E-state index contributed by atoms with van der Waals surface area (Å²) in [6, 6.07) is 11.3. The highest BCUT2D eigenvalue weighted by Gasteiger charge is 2.20. The molecule has 0 saturated heterocycles. The fourth-order valence-electron chi connectivity index (χ4n) is 3.03. The van der Waals surface area contributed by atoms with Crippen LogP contribution >= 0.6 is 34.8 Å². The van der Waals surface area contributed by atoms with Gasteiger partial charge in [-0.15, -0.1) is 0 Å². The van der Waals surface area contributed by atoms with Gasteiger partial charge in [-0.1, -0.05) is 40.9 Å². The Morgan fingerprint density at radius 3 is 2.54 bits per heavy atom. The van der Waals surface area contributed by atoms with Crippen molar-refractivity contribution in [2.45, 2.75) is 19.5 Å². The van der Waals surface area contributed by atoms with Gasteiger partial charge in [0.1, 0.15) is 10.3 Å². The Morgan fingerprint density at radius 2 is 1.77 bits per heavy atom. The number of rotatable bonds is 3. The van der Waals surface area contributed by atoms with Crippen molar-refractivity contribution < 1.29 is 0 Å². The third kappa shape index (κ3) is 3.84. The van der Waals surface area contributed by atoms with E-state index in [1.165, 1.54) is 5.56 Å². The summed E-state index contributed by atoms with van der Waals surface area (Å²) in [6.45, 7) is 2.38. The number of benzene rings is 1. The van der Waals surface area contributed by atoms with Crippen LogP contribution in [0.4, 0.5) is 0 Å². The minimum absolute atomic E-state index is 0.406. The van der Waals surface area contributed by atoms with Crippen molar-refractivity contribution in [3.05, 3.63) is 74.7 Å². The molecule has 0 fully saturated rings. The zero-order valence-corrected chi connectivity index (χ0v) is 16.1. The lowest BCUT2D eigenvalue weighted by Crippen LogP contribution is -2.31. The summed E-state index contributed by atoms with van der Waals surface area (Å²) in [7, 11) is 0. The average molecular weight is 406 g/mol. The van der Waals surface area contributed by atoms with Gasteiger partial charge in [0, 0.05) is 42.0 Å². The van der Waals surface area contributed by atoms with Crippen LogP contribution in [0.2, 0.25) is 15.3 Å². The molecule has 4 nitrogen and oxygen atoms in total. The fourth-order valence-corrected chi connectivity index (χ4v) is 3.56. The first-order valence-corrected chi connectivity index (χ1v) is 9.36. The van der Waals surface area contributed by atoms with E-state index in [1.54, 1.807) is 6.07 Å². The molecule has 0 aliphatic carbocycles. The second-order valence-electron chi connectivity index (χ2n) is 6.22. The maximum absolute atomic E-state index is 6.21. The first-order chi connectivity index (χ1) is 12.6. The van der Waals surface area contributed by atoms with Crippen molar-refractivity contribution in [2.75, 3.05) is 6.54 Å². The van der Waals surface area contributed by atoms with Gasteiger partial charge in [-0.25, -0.2) is 15.0 Å². The molecule has 132 valence electrons. The van der Waals surface area contributed by atoms with Crippen molar-refractivity contribution in [1.82, 2.24) is 19.9 Å². The molecule has 1 aromatic carbocycles. The fraction of sp³-hybridized carbons (Fsp3) is 0.211. The number of pyridine rings is 1. The molecule has 1 aliphatic heterocycles. The third-order valence-corrected chi connectivity index (χ3v) is 5.20. The average Bonchev–Trinajstić information content (AvgIpc) is 2.64. The van der Waals surface area contributed by atoms with Gasteiger partial charge in [0.2, 0.25) is 0 Å². The van der Waals surface area contributed by atoms with E-state index in [-0.39, 0.29) is 0 Å². The molecular weight excluding hydrogens is 391 g/mol. The van der Waals surface area contributed by atoms with Crippen LogP contribution in [0, 0.1) is 0 Å². The van der Waals surface area contributed by atoms with Crippen LogP contribution < -0.4 is 0 Å². The summed E-state index contributed by atoms with van der Waals surface area (Å²) < 4.78 is 0. The maximum atomic E-state index is 6.21. The topological polar surface area (TPSA) is 41.9 Å². The van der Waals surface area contributed by atoms with E-state index >= 15 is 0 Å². The van der Waals surface area contributed by atoms with Crippen LogP contribution in [0.15, 0.2) is 42.6 Å². The van der Waals surface area contributed by atoms with Crippen molar-refractivity contribution in [3.8, 4) is 11.4 Å². The maximum Gasteiger partial charge on any atom is 0.159 e. The lowest BCUT2D eigenvalue weighted by Gasteiger charge is -2.28. The SMILES string of the molecule is Clc1ccc(-c2ncc3c(n2)CN(Cc2ccc(Cl)nc2Cl)CC3)cc1. The predicted molar refractivity (Wildman–Crippen MR) is 105 cm³/mol. The Balaban J connectivity index is 1.55. The van der Waals surface area contributed by atoms with Crippen LogP contribution in [0.25, 0.3) is 11.4 Å². The molecule has 26 heavy (non-hydrogen) atoms. The van der Waals surface area contributed by atoms with Gasteiger partial charge in [0.15, 0.2) is 5.82 Å². The summed E-state index contributed by atoms with van der Waals surface area (Å²) in [4.78, 5) is 15.7. The summed E-state index contributed by atoms with van der Waals surface area (Å²) in [6.07, 6.45) is 2.84. The quantitative estimate of drug-likeness (QED) is 0.571. The summed E-state index contributed by atoms with van der Waals surface area (Å²) in [5.41, 5.74) is 4.17. The highest BCUT2D eigenvalue weighted by molar-refractivity contribution is 6.32. The Morgan fingerprint density at radius 1 is 0.962 bits per heavy atom. The molecular formula is C19H15Cl3N4. The zero-order chi connectivity index (χ0) is 18.1. The normalized spacial score (nSPS) is 14.3. The van der Waals surface area contributed by atoms with E-state index in [0.29, 0.717) is 27.7 Å². The molecule has 1 aliphatic rings. The number of aromatic nitrogens is 3. The molecule has 0 unspecified atom stereocenters. The first-order valence-electron chi connectivity index (χ1n) is 8.22. The number of hydrogen-bond donors (Lipinski definition) is 0. The molecule has 0 bridgehead atoms. The molecule has 4 rings (SSSR count). The Hall–Kier alpha value is -1.72. The van der Waals surface area contributed by atoms with Gasteiger partial charge in [0.05, 0.1) is 5.69 Å². The largest absolute Gasteiger partial charge is 0.293 e. The Kier molecular flexibility index (Phi) is 5.09. The first kappa shape index (κ1) is 17.7. The third-order valence-electron chi connectivity index (χ3n) is 4.41. The van der Waals surface area contributed by atoms with Gasteiger partial charge in [0.25, 0.3) is 0 Å². The molecule has 0 spiro atoms. The number of fused-ring (bicyclic) bond motifs is 1. The second kappa shape index (κ2) is 7.49. The van der Waals surface area contributed by atoms with Gasteiger partial charge in [-0.3, -0.25) is 4.90 Å². The van der Waals surface area contributed by atoms with Gasteiger partial charge in [-0.05, 0) is 42.3 Å². The van der Waals surface area contributed by atoms with Gasteiger partial charge < -0.3 is 0 Å². The Bertz CT molecular complexity index is 944. The zero-order valence-electron chi connectivity index (χ0n) is 13.8. The van der Waals surface area contributed by atoms with Crippen molar-refractivity contribution in [2.24, 2.45) is 0 Å². The monoisotopic (exact) mass is 404 g/mol. The summed E-state index contributed by atoms with van der Waals surface area (Å²) in [5, 5.41) is 1.56. The van der Waals surface area contributed by atoms with Gasteiger partial charge in [-0.2, -0.15) is 0 Å². The van der Waals surface area contributed by atoms with E-state index in [9.17, 15) is 0 Å². The van der Waals surface area contributed by atoms with Crippen molar-refractivity contribution in [3.63, 3.8) is 0 Å². The van der Waals surface area contributed by atoms with E-state index in [2.05, 4.69) is 14.9 Å². The number of nitrogens with zero attached hydrogens (tertiary/aromatic N) is 4. The van der Waals surface area contributed by atoms with Crippen molar-refractivity contribution >= 4 is 34.8 Å². The van der Waals surface area contributed by atoms with Crippen LogP contribution in [-0.4, -0.2) is 26.4 Å². The van der Waals surface area contributed by atoms with Gasteiger partial charge >= 0.3 is 0 Å². The van der Waals surface area contributed by atoms with E-state index < -0.39 is 0 Å². The molecule has 2 aromatic heterocycles. The van der Waals surface area contributed by atoms with E-state index in [1.807, 2.05) is 36.5 Å². The molecule has 0 saturated carbocycles. The molecule has 3 heterocycles. The number of hydrogen-bond acceptors (Lipinski definition) is 4. The summed E-state index contributed by atoms with van der Waals surface area (Å²) in [5.74, 6) is 0.716. The minimum Gasteiger partial charge on any atom is -0.293 e. The summed E-state index contributed by atoms with van der Waals surface area (Å²) >= 11 is 18.0.